The summed E-state index contributed by atoms with van der Waals surface area (Å²) in [5.41, 5.74) is 0.397. The van der Waals surface area contributed by atoms with Gasteiger partial charge in [0.05, 0.1) is 4.90 Å². The Bertz CT molecular complexity index is 914. The van der Waals surface area contributed by atoms with Crippen LogP contribution in [0.3, 0.4) is 0 Å². The first-order valence-corrected chi connectivity index (χ1v) is 9.50. The number of rotatable bonds is 6. The number of carbonyl (C=O) groups excluding carboxylic acids is 1. The van der Waals surface area contributed by atoms with Crippen molar-refractivity contribution in [3.63, 3.8) is 0 Å². The molecule has 9 heteroatoms. The minimum Gasteiger partial charge on any atom is -0.359 e. The first-order chi connectivity index (χ1) is 12.4. The average molecular weight is 374 g/mol. The third kappa shape index (κ3) is 3.63. The minimum atomic E-state index is -3.59. The number of ketones is 1. The monoisotopic (exact) mass is 374 g/mol. The highest BCUT2D eigenvalue weighted by Crippen LogP contribution is 2.22. The fraction of sp³-hybridized carbons (Fsp3) is 0.294. The van der Waals surface area contributed by atoms with Crippen molar-refractivity contribution in [3.8, 4) is 0 Å². The van der Waals surface area contributed by atoms with Crippen LogP contribution in [0.4, 0.5) is 0 Å². The summed E-state index contributed by atoms with van der Waals surface area (Å²) in [4.78, 5) is 20.6. The van der Waals surface area contributed by atoms with Crippen LogP contribution in [0.2, 0.25) is 0 Å². The second-order valence-electron chi connectivity index (χ2n) is 5.80. The van der Waals surface area contributed by atoms with Crippen LogP contribution in [0, 0.1) is 5.92 Å². The highest BCUT2D eigenvalue weighted by molar-refractivity contribution is 7.90. The van der Waals surface area contributed by atoms with E-state index in [1.54, 1.807) is 18.1 Å². The predicted octanol–water partition coefficient (Wildman–Crippen LogP) is 1.15. The van der Waals surface area contributed by atoms with Gasteiger partial charge in [-0.3, -0.25) is 9.80 Å². The molecule has 0 N–H and O–H groups in total. The number of carbonyl (C=O) groups is 1. The number of aromatic nitrogens is 2. The van der Waals surface area contributed by atoms with Crippen molar-refractivity contribution in [1.29, 1.82) is 0 Å². The van der Waals surface area contributed by atoms with Gasteiger partial charge >= 0.3 is 0 Å². The molecule has 136 valence electrons. The van der Waals surface area contributed by atoms with E-state index in [1.165, 1.54) is 50.0 Å². The number of nitrogens with zero attached hydrogens (tertiary/aromatic N) is 4. The Morgan fingerprint density at radius 2 is 1.85 bits per heavy atom. The molecule has 0 fully saturated rings. The summed E-state index contributed by atoms with van der Waals surface area (Å²) in [5, 5.41) is 5.64. The maximum atomic E-state index is 12.6. The van der Waals surface area contributed by atoms with Crippen molar-refractivity contribution < 1.29 is 17.9 Å². The van der Waals surface area contributed by atoms with Crippen LogP contribution in [0.15, 0.2) is 52.7 Å². The van der Waals surface area contributed by atoms with E-state index in [0.29, 0.717) is 5.56 Å². The summed E-state index contributed by atoms with van der Waals surface area (Å²) in [5.74, 6) is -0.793. The first-order valence-electron chi connectivity index (χ1n) is 7.85. The molecule has 1 aliphatic rings. The van der Waals surface area contributed by atoms with Crippen molar-refractivity contribution in [2.75, 3.05) is 14.2 Å². The second-order valence-corrected chi connectivity index (χ2v) is 7.79. The summed E-state index contributed by atoms with van der Waals surface area (Å²) in [7, 11) is -0.362. The van der Waals surface area contributed by atoms with E-state index in [-0.39, 0.29) is 22.3 Å². The predicted molar refractivity (Wildman–Crippen MR) is 94.2 cm³/mol. The number of hydrazone groups is 1. The molecule has 0 amide bonds. The lowest BCUT2D eigenvalue weighted by Gasteiger charge is -2.21. The number of hydrogen-bond acceptors (Lipinski definition) is 8. The van der Waals surface area contributed by atoms with Gasteiger partial charge in [0, 0.05) is 38.3 Å². The van der Waals surface area contributed by atoms with E-state index in [0.717, 1.165) is 0 Å². The van der Waals surface area contributed by atoms with E-state index in [4.69, 9.17) is 4.74 Å². The molecular weight excluding hydrogens is 356 g/mol. The minimum absolute atomic E-state index is 0.113. The molecule has 1 aliphatic heterocycles. The van der Waals surface area contributed by atoms with Gasteiger partial charge in [-0.1, -0.05) is 12.1 Å². The second kappa shape index (κ2) is 7.30. The summed E-state index contributed by atoms with van der Waals surface area (Å²) < 4.78 is 30.2. The van der Waals surface area contributed by atoms with E-state index in [2.05, 4.69) is 15.1 Å². The quantitative estimate of drug-likeness (QED) is 0.699. The molecule has 8 nitrogen and oxygen atoms in total. The molecule has 2 heterocycles. The molecule has 26 heavy (non-hydrogen) atoms. The Hall–Kier alpha value is -2.65. The normalized spacial score (nSPS) is 19.7. The van der Waals surface area contributed by atoms with Crippen LogP contribution in [0.25, 0.3) is 0 Å². The molecule has 0 saturated carbocycles. The lowest BCUT2D eigenvalue weighted by Crippen LogP contribution is -2.35. The van der Waals surface area contributed by atoms with Gasteiger partial charge in [-0.15, -0.1) is 0 Å². The molecule has 3 rings (SSSR count). The third-order valence-corrected chi connectivity index (χ3v) is 5.69. The average Bonchev–Trinajstić information content (AvgIpc) is 3.02. The highest BCUT2D eigenvalue weighted by Gasteiger charge is 2.34. The molecule has 0 bridgehead atoms. The molecule has 0 spiro atoms. The maximum Gasteiger partial charge on any atom is 0.185 e. The van der Waals surface area contributed by atoms with E-state index >= 15 is 0 Å². The fourth-order valence-electron chi connectivity index (χ4n) is 2.72. The smallest absolute Gasteiger partial charge is 0.185 e. The molecular formula is C17H18N4O4S. The number of methoxy groups -OCH3 is 1. The Morgan fingerprint density at radius 1 is 1.19 bits per heavy atom. The van der Waals surface area contributed by atoms with Crippen LogP contribution in [0.5, 0.6) is 0 Å². The van der Waals surface area contributed by atoms with Gasteiger partial charge in [-0.25, -0.2) is 18.4 Å². The largest absolute Gasteiger partial charge is 0.359 e. The number of hydrogen-bond donors (Lipinski definition) is 0. The van der Waals surface area contributed by atoms with Crippen LogP contribution in [-0.2, 0) is 20.3 Å². The number of sulfone groups is 1. The van der Waals surface area contributed by atoms with Crippen LogP contribution in [0.1, 0.15) is 16.2 Å². The Morgan fingerprint density at radius 3 is 2.46 bits per heavy atom. The third-order valence-electron chi connectivity index (χ3n) is 4.07. The Balaban J connectivity index is 1.78. The first kappa shape index (κ1) is 18.2. The zero-order valence-corrected chi connectivity index (χ0v) is 15.1. The lowest BCUT2D eigenvalue weighted by molar-refractivity contribution is -0.0197. The van der Waals surface area contributed by atoms with E-state index in [1.807, 2.05) is 0 Å². The molecule has 0 radical (unpaired) electrons. The number of Topliss-reactive ketones (excluding diaryl/α,β-unsaturated/α-hetero) is 1. The van der Waals surface area contributed by atoms with Gasteiger partial charge in [0.1, 0.15) is 17.5 Å². The van der Waals surface area contributed by atoms with Crippen molar-refractivity contribution in [3.05, 3.63) is 54.1 Å². The highest BCUT2D eigenvalue weighted by atomic mass is 32.2. The zero-order chi connectivity index (χ0) is 18.7. The molecule has 2 aromatic rings. The summed E-state index contributed by atoms with van der Waals surface area (Å²) in [6, 6.07) is 7.46. The molecule has 2 unspecified atom stereocenters. The van der Waals surface area contributed by atoms with Gasteiger partial charge in [0.2, 0.25) is 0 Å². The van der Waals surface area contributed by atoms with Gasteiger partial charge in [0.25, 0.3) is 0 Å². The van der Waals surface area contributed by atoms with Crippen LogP contribution < -0.4 is 0 Å². The summed E-state index contributed by atoms with van der Waals surface area (Å²) >= 11 is 0. The zero-order valence-electron chi connectivity index (χ0n) is 14.3. The maximum absolute atomic E-state index is 12.6. The fourth-order valence-corrected chi connectivity index (χ4v) is 3.93. The van der Waals surface area contributed by atoms with E-state index < -0.39 is 22.0 Å². The Kier molecular flexibility index (Phi) is 5.10. The molecule has 0 saturated heterocycles. The van der Waals surface area contributed by atoms with Crippen molar-refractivity contribution >= 4 is 21.8 Å². The lowest BCUT2D eigenvalue weighted by atomic mass is 9.97. The Labute approximate surface area is 151 Å². The van der Waals surface area contributed by atoms with Crippen molar-refractivity contribution in [2.24, 2.45) is 11.0 Å². The van der Waals surface area contributed by atoms with Crippen LogP contribution in [-0.4, -0.2) is 55.8 Å². The van der Waals surface area contributed by atoms with Crippen molar-refractivity contribution in [1.82, 2.24) is 15.0 Å². The van der Waals surface area contributed by atoms with Gasteiger partial charge in [-0.2, -0.15) is 5.10 Å². The topological polar surface area (TPSA) is 102 Å². The van der Waals surface area contributed by atoms with Gasteiger partial charge < -0.3 is 4.74 Å². The molecule has 1 aromatic carbocycles. The number of benzene rings is 1. The number of ether oxygens (including phenoxy) is 1. The van der Waals surface area contributed by atoms with Crippen LogP contribution >= 0.6 is 0 Å². The SMILES string of the molecule is COC1C(C(=O)c2ccc(S(=O)(=O)Cc3ncccn3)cc2)C=NN1C. The summed E-state index contributed by atoms with van der Waals surface area (Å²) in [6.07, 6.45) is 4.05. The van der Waals surface area contributed by atoms with Gasteiger partial charge in [0.15, 0.2) is 21.8 Å². The standard InChI is InChI=1S/C17H18N4O4S/c1-21-17(25-2)14(10-20-21)16(22)12-4-6-13(7-5-12)26(23,24)11-15-18-8-3-9-19-15/h3-10,14,17H,11H2,1-2H3. The van der Waals surface area contributed by atoms with Crippen molar-refractivity contribution in [2.45, 2.75) is 16.9 Å². The molecule has 0 aliphatic carbocycles. The molecule has 1 aromatic heterocycles. The van der Waals surface area contributed by atoms with Gasteiger partial charge in [-0.05, 0) is 18.2 Å². The summed E-state index contributed by atoms with van der Waals surface area (Å²) in [6.45, 7) is 0. The molecule has 2 atom stereocenters. The van der Waals surface area contributed by atoms with E-state index in [9.17, 15) is 13.2 Å².